The van der Waals surface area contributed by atoms with Crippen molar-refractivity contribution in [2.75, 3.05) is 0 Å². The van der Waals surface area contributed by atoms with E-state index in [0.717, 1.165) is 0 Å². The van der Waals surface area contributed by atoms with E-state index in [-0.39, 0.29) is 11.6 Å². The number of ketones is 1. The SMILES string of the molecule is Cc1cc(F)ccc1C(=O)C(C#N)c1ccccc1. The van der Waals surface area contributed by atoms with E-state index in [1.165, 1.54) is 18.2 Å². The molecule has 3 heteroatoms. The molecule has 1 atom stereocenters. The highest BCUT2D eigenvalue weighted by Gasteiger charge is 2.22. The topological polar surface area (TPSA) is 40.9 Å². The molecule has 0 aliphatic rings. The van der Waals surface area contributed by atoms with Crippen LogP contribution in [-0.2, 0) is 0 Å². The molecule has 2 rings (SSSR count). The van der Waals surface area contributed by atoms with Crippen molar-refractivity contribution < 1.29 is 9.18 Å². The van der Waals surface area contributed by atoms with E-state index in [4.69, 9.17) is 0 Å². The molecule has 2 aromatic carbocycles. The lowest BCUT2D eigenvalue weighted by atomic mass is 9.90. The molecule has 1 unspecified atom stereocenters. The van der Waals surface area contributed by atoms with Crippen LogP contribution >= 0.6 is 0 Å². The minimum atomic E-state index is -0.856. The largest absolute Gasteiger partial charge is 0.292 e. The van der Waals surface area contributed by atoms with E-state index in [9.17, 15) is 14.4 Å². The van der Waals surface area contributed by atoms with Gasteiger partial charge in [0.1, 0.15) is 11.7 Å². The maximum absolute atomic E-state index is 13.0. The number of hydrogen-bond donors (Lipinski definition) is 0. The summed E-state index contributed by atoms with van der Waals surface area (Å²) in [5, 5.41) is 9.21. The number of aryl methyl sites for hydroxylation is 1. The van der Waals surface area contributed by atoms with Gasteiger partial charge in [0.05, 0.1) is 6.07 Å². The van der Waals surface area contributed by atoms with Gasteiger partial charge in [0, 0.05) is 5.56 Å². The first-order valence-electron chi connectivity index (χ1n) is 5.88. The Hall–Kier alpha value is -2.47. The van der Waals surface area contributed by atoms with Gasteiger partial charge < -0.3 is 0 Å². The van der Waals surface area contributed by atoms with Gasteiger partial charge in [0.15, 0.2) is 5.78 Å². The van der Waals surface area contributed by atoms with Gasteiger partial charge in [-0.25, -0.2) is 4.39 Å². The van der Waals surface area contributed by atoms with Crippen LogP contribution in [0.4, 0.5) is 4.39 Å². The van der Waals surface area contributed by atoms with E-state index >= 15 is 0 Å². The second kappa shape index (κ2) is 5.45. The van der Waals surface area contributed by atoms with Crippen LogP contribution in [0.2, 0.25) is 0 Å². The summed E-state index contributed by atoms with van der Waals surface area (Å²) in [6.45, 7) is 1.66. The summed E-state index contributed by atoms with van der Waals surface area (Å²) in [6, 6.07) is 14.9. The molecule has 2 aromatic rings. The van der Waals surface area contributed by atoms with Gasteiger partial charge in [0.2, 0.25) is 0 Å². The van der Waals surface area contributed by atoms with Crippen LogP contribution in [-0.4, -0.2) is 5.78 Å². The smallest absolute Gasteiger partial charge is 0.184 e. The van der Waals surface area contributed by atoms with Gasteiger partial charge in [-0.1, -0.05) is 30.3 Å². The fourth-order valence-electron chi connectivity index (χ4n) is 1.99. The second-order valence-electron chi connectivity index (χ2n) is 4.30. The Labute approximate surface area is 111 Å². The number of rotatable bonds is 3. The number of halogens is 1. The summed E-state index contributed by atoms with van der Waals surface area (Å²) in [6.07, 6.45) is 0. The zero-order valence-electron chi connectivity index (χ0n) is 10.4. The number of Topliss-reactive ketones (excluding diaryl/α,β-unsaturated/α-hetero) is 1. The first-order chi connectivity index (χ1) is 9.13. The summed E-state index contributed by atoms with van der Waals surface area (Å²) in [4.78, 5) is 12.4. The highest BCUT2D eigenvalue weighted by atomic mass is 19.1. The Morgan fingerprint density at radius 2 is 1.89 bits per heavy atom. The third-order valence-electron chi connectivity index (χ3n) is 2.98. The zero-order valence-corrected chi connectivity index (χ0v) is 10.4. The number of hydrogen-bond acceptors (Lipinski definition) is 2. The summed E-state index contributed by atoms with van der Waals surface area (Å²) < 4.78 is 13.0. The molecule has 2 nitrogen and oxygen atoms in total. The standard InChI is InChI=1S/C16H12FNO/c1-11-9-13(17)7-8-14(11)16(19)15(10-18)12-5-3-2-4-6-12/h2-9,15H,1H3. The average molecular weight is 253 g/mol. The fourth-order valence-corrected chi connectivity index (χ4v) is 1.99. The van der Waals surface area contributed by atoms with Gasteiger partial charge in [0.25, 0.3) is 0 Å². The predicted molar refractivity (Wildman–Crippen MR) is 70.3 cm³/mol. The minimum Gasteiger partial charge on any atom is -0.292 e. The molecule has 0 radical (unpaired) electrons. The summed E-state index contributed by atoms with van der Waals surface area (Å²) in [5.41, 5.74) is 1.58. The molecule has 19 heavy (non-hydrogen) atoms. The third-order valence-corrected chi connectivity index (χ3v) is 2.98. The highest BCUT2D eigenvalue weighted by Crippen LogP contribution is 2.22. The maximum Gasteiger partial charge on any atom is 0.184 e. The Kier molecular flexibility index (Phi) is 3.72. The van der Waals surface area contributed by atoms with Gasteiger partial charge in [-0.2, -0.15) is 5.26 Å². The summed E-state index contributed by atoms with van der Waals surface area (Å²) in [5.74, 6) is -1.54. The Bertz CT molecular complexity index is 644. The van der Waals surface area contributed by atoms with Crippen LogP contribution in [0.15, 0.2) is 48.5 Å². The number of benzene rings is 2. The van der Waals surface area contributed by atoms with Crippen molar-refractivity contribution >= 4 is 5.78 Å². The Balaban J connectivity index is 2.40. The van der Waals surface area contributed by atoms with Gasteiger partial charge in [-0.15, -0.1) is 0 Å². The van der Waals surface area contributed by atoms with Crippen LogP contribution in [0.25, 0.3) is 0 Å². The van der Waals surface area contributed by atoms with Crippen molar-refractivity contribution in [2.24, 2.45) is 0 Å². The van der Waals surface area contributed by atoms with Crippen molar-refractivity contribution in [3.05, 3.63) is 71.0 Å². The molecule has 0 saturated carbocycles. The predicted octanol–water partition coefficient (Wildman–Crippen LogP) is 3.62. The van der Waals surface area contributed by atoms with Crippen molar-refractivity contribution in [3.63, 3.8) is 0 Å². The Morgan fingerprint density at radius 1 is 1.21 bits per heavy atom. The first-order valence-corrected chi connectivity index (χ1v) is 5.88. The number of nitrogens with zero attached hydrogens (tertiary/aromatic N) is 1. The van der Waals surface area contributed by atoms with E-state index < -0.39 is 5.92 Å². The lowest BCUT2D eigenvalue weighted by Crippen LogP contribution is -2.12. The monoisotopic (exact) mass is 253 g/mol. The number of carbonyl (C=O) groups excluding carboxylic acids is 1. The number of nitriles is 1. The van der Waals surface area contributed by atoms with Gasteiger partial charge >= 0.3 is 0 Å². The fraction of sp³-hybridized carbons (Fsp3) is 0.125. The molecule has 0 N–H and O–H groups in total. The molecule has 0 spiro atoms. The third kappa shape index (κ3) is 2.69. The van der Waals surface area contributed by atoms with Crippen LogP contribution < -0.4 is 0 Å². The van der Waals surface area contributed by atoms with Crippen LogP contribution in [0.5, 0.6) is 0 Å². The Morgan fingerprint density at radius 3 is 2.47 bits per heavy atom. The molecule has 94 valence electrons. The highest BCUT2D eigenvalue weighted by molar-refractivity contribution is 6.03. The van der Waals surface area contributed by atoms with E-state index in [1.54, 1.807) is 31.2 Å². The quantitative estimate of drug-likeness (QED) is 0.784. The molecule has 0 bridgehead atoms. The van der Waals surface area contributed by atoms with Crippen molar-refractivity contribution in [1.82, 2.24) is 0 Å². The van der Waals surface area contributed by atoms with Crippen molar-refractivity contribution in [1.29, 1.82) is 5.26 Å². The van der Waals surface area contributed by atoms with Crippen molar-refractivity contribution in [2.45, 2.75) is 12.8 Å². The molecule has 0 aliphatic heterocycles. The minimum absolute atomic E-state index is 0.300. The average Bonchev–Trinajstić information content (AvgIpc) is 2.40. The molecule has 0 amide bonds. The lowest BCUT2D eigenvalue weighted by molar-refractivity contribution is 0.0978. The van der Waals surface area contributed by atoms with E-state index in [2.05, 4.69) is 0 Å². The van der Waals surface area contributed by atoms with Crippen LogP contribution in [0.3, 0.4) is 0 Å². The van der Waals surface area contributed by atoms with Crippen LogP contribution in [0.1, 0.15) is 27.4 Å². The maximum atomic E-state index is 13.0. The van der Waals surface area contributed by atoms with E-state index in [1.807, 2.05) is 12.1 Å². The summed E-state index contributed by atoms with van der Waals surface area (Å²) >= 11 is 0. The molecule has 0 aliphatic carbocycles. The second-order valence-corrected chi connectivity index (χ2v) is 4.30. The van der Waals surface area contributed by atoms with Crippen LogP contribution in [0, 0.1) is 24.1 Å². The first kappa shape index (κ1) is 13.0. The summed E-state index contributed by atoms with van der Waals surface area (Å²) in [7, 11) is 0. The van der Waals surface area contributed by atoms with E-state index in [0.29, 0.717) is 16.7 Å². The van der Waals surface area contributed by atoms with Crippen molar-refractivity contribution in [3.8, 4) is 6.07 Å². The molecule has 0 aromatic heterocycles. The lowest BCUT2D eigenvalue weighted by Gasteiger charge is -2.10. The molecule has 0 heterocycles. The molecular formula is C16H12FNO. The molecule has 0 saturated heterocycles. The molecule has 0 fully saturated rings. The van der Waals surface area contributed by atoms with Gasteiger partial charge in [-0.05, 0) is 36.2 Å². The zero-order chi connectivity index (χ0) is 13.8. The molecular weight excluding hydrogens is 241 g/mol. The number of carbonyl (C=O) groups is 1. The van der Waals surface area contributed by atoms with Gasteiger partial charge in [-0.3, -0.25) is 4.79 Å². The normalized spacial score (nSPS) is 11.6.